The lowest BCUT2D eigenvalue weighted by molar-refractivity contribution is -0.143. The van der Waals surface area contributed by atoms with Gasteiger partial charge in [0.1, 0.15) is 11.8 Å². The van der Waals surface area contributed by atoms with Crippen LogP contribution in [0.5, 0.6) is 5.75 Å². The van der Waals surface area contributed by atoms with Gasteiger partial charge in [0.15, 0.2) is 6.10 Å². The van der Waals surface area contributed by atoms with Gasteiger partial charge >= 0.3 is 5.97 Å². The third-order valence-corrected chi connectivity index (χ3v) is 3.44. The van der Waals surface area contributed by atoms with E-state index in [4.69, 9.17) is 9.84 Å². The molecule has 5 nitrogen and oxygen atoms in total. The maximum absolute atomic E-state index is 12.0. The first-order chi connectivity index (χ1) is 9.95. The van der Waals surface area contributed by atoms with Gasteiger partial charge in [-0.3, -0.25) is 4.79 Å². The number of ether oxygens (including phenoxy) is 1. The molecule has 2 N–H and O–H groups in total. The number of carbonyl (C=O) groups is 2. The van der Waals surface area contributed by atoms with Crippen molar-refractivity contribution in [1.29, 1.82) is 0 Å². The topological polar surface area (TPSA) is 75.6 Å². The zero-order valence-electron chi connectivity index (χ0n) is 11.7. The molecule has 0 bridgehead atoms. The van der Waals surface area contributed by atoms with Crippen LogP contribution < -0.4 is 10.1 Å². The Morgan fingerprint density at radius 2 is 2.14 bits per heavy atom. The summed E-state index contributed by atoms with van der Waals surface area (Å²) in [7, 11) is 0. The summed E-state index contributed by atoms with van der Waals surface area (Å²) in [5, 5.41) is 11.5. The number of carboxylic acid groups (broad SMARTS) is 1. The highest BCUT2D eigenvalue weighted by atomic mass is 79.9. The fraction of sp³-hybridized carbons (Fsp3) is 0.333. The molecule has 1 amide bonds. The van der Waals surface area contributed by atoms with E-state index in [1.165, 1.54) is 0 Å². The third-order valence-electron chi connectivity index (χ3n) is 2.78. The molecule has 0 heterocycles. The molecule has 1 rings (SSSR count). The molecule has 6 heteroatoms. The van der Waals surface area contributed by atoms with E-state index >= 15 is 0 Å². The van der Waals surface area contributed by atoms with Crippen molar-refractivity contribution < 1.29 is 19.4 Å². The molecule has 0 spiro atoms. The van der Waals surface area contributed by atoms with Crippen LogP contribution in [0.15, 0.2) is 41.4 Å². The SMILES string of the molecule is C=CCCC(NC(=O)C(C)Oc1ccccc1Br)C(=O)O. The van der Waals surface area contributed by atoms with Crippen LogP contribution in [0.4, 0.5) is 0 Å². The molecule has 114 valence electrons. The highest BCUT2D eigenvalue weighted by molar-refractivity contribution is 9.10. The number of hydrogen-bond acceptors (Lipinski definition) is 3. The molecular formula is C15H18BrNO4. The summed E-state index contributed by atoms with van der Waals surface area (Å²) < 4.78 is 6.25. The largest absolute Gasteiger partial charge is 0.480 e. The number of halogens is 1. The average Bonchev–Trinajstić information content (AvgIpc) is 2.45. The number of para-hydroxylation sites is 1. The number of benzene rings is 1. The molecule has 21 heavy (non-hydrogen) atoms. The Labute approximate surface area is 132 Å². The molecule has 1 aromatic carbocycles. The van der Waals surface area contributed by atoms with Crippen LogP contribution in [-0.2, 0) is 9.59 Å². The summed E-state index contributed by atoms with van der Waals surface area (Å²) in [5.74, 6) is -1.02. The summed E-state index contributed by atoms with van der Waals surface area (Å²) in [6.07, 6.45) is 1.63. The molecular weight excluding hydrogens is 338 g/mol. The normalized spacial score (nSPS) is 13.0. The van der Waals surface area contributed by atoms with Gasteiger partial charge in [0.25, 0.3) is 5.91 Å². The van der Waals surface area contributed by atoms with Crippen LogP contribution in [0.2, 0.25) is 0 Å². The van der Waals surface area contributed by atoms with Crippen molar-refractivity contribution in [2.75, 3.05) is 0 Å². The van der Waals surface area contributed by atoms with Gasteiger partial charge in [0.2, 0.25) is 0 Å². The summed E-state index contributed by atoms with van der Waals surface area (Å²) in [6, 6.07) is 6.19. The van der Waals surface area contributed by atoms with Crippen LogP contribution in [0.25, 0.3) is 0 Å². The van der Waals surface area contributed by atoms with Crippen LogP contribution in [0.3, 0.4) is 0 Å². The van der Waals surface area contributed by atoms with Crippen LogP contribution >= 0.6 is 15.9 Å². The molecule has 1 aromatic rings. The standard InChI is InChI=1S/C15H18BrNO4/c1-3-4-8-12(15(19)20)17-14(18)10(2)21-13-9-6-5-7-11(13)16/h3,5-7,9-10,12H,1,4,8H2,2H3,(H,17,18)(H,19,20). The van der Waals surface area contributed by atoms with E-state index in [1.807, 2.05) is 6.07 Å². The number of carboxylic acids is 1. The summed E-state index contributed by atoms with van der Waals surface area (Å²) in [6.45, 7) is 5.11. The van der Waals surface area contributed by atoms with E-state index in [0.717, 1.165) is 4.47 Å². The molecule has 0 aliphatic heterocycles. The second-order valence-electron chi connectivity index (χ2n) is 4.46. The van der Waals surface area contributed by atoms with Crippen molar-refractivity contribution in [3.8, 4) is 5.75 Å². The van der Waals surface area contributed by atoms with E-state index in [0.29, 0.717) is 18.6 Å². The van der Waals surface area contributed by atoms with E-state index in [2.05, 4.69) is 27.8 Å². The minimum absolute atomic E-state index is 0.298. The predicted octanol–water partition coefficient (Wildman–Crippen LogP) is 2.75. The first-order valence-electron chi connectivity index (χ1n) is 6.51. The monoisotopic (exact) mass is 355 g/mol. The fourth-order valence-corrected chi connectivity index (χ4v) is 1.99. The molecule has 0 saturated heterocycles. The van der Waals surface area contributed by atoms with Gasteiger partial charge in [-0.05, 0) is 47.8 Å². The number of aliphatic carboxylic acids is 1. The summed E-state index contributed by atoms with van der Waals surface area (Å²) in [4.78, 5) is 23.1. The molecule has 0 aromatic heterocycles. The minimum Gasteiger partial charge on any atom is -0.480 e. The van der Waals surface area contributed by atoms with E-state index in [9.17, 15) is 9.59 Å². The van der Waals surface area contributed by atoms with Crippen molar-refractivity contribution in [2.24, 2.45) is 0 Å². The quantitative estimate of drug-likeness (QED) is 0.703. The molecule has 0 aliphatic carbocycles. The number of nitrogens with one attached hydrogen (secondary N) is 1. The van der Waals surface area contributed by atoms with Gasteiger partial charge in [0, 0.05) is 0 Å². The van der Waals surface area contributed by atoms with Crippen molar-refractivity contribution in [3.05, 3.63) is 41.4 Å². The Bertz CT molecular complexity index is 518. The highest BCUT2D eigenvalue weighted by Gasteiger charge is 2.23. The van der Waals surface area contributed by atoms with Crippen LogP contribution in [-0.4, -0.2) is 29.1 Å². The number of allylic oxidation sites excluding steroid dienone is 1. The van der Waals surface area contributed by atoms with Gasteiger partial charge < -0.3 is 15.2 Å². The number of carbonyl (C=O) groups excluding carboxylic acids is 1. The first-order valence-corrected chi connectivity index (χ1v) is 7.30. The molecule has 2 unspecified atom stereocenters. The van der Waals surface area contributed by atoms with Gasteiger partial charge in [-0.1, -0.05) is 18.2 Å². The Morgan fingerprint density at radius 3 is 2.71 bits per heavy atom. The second-order valence-corrected chi connectivity index (χ2v) is 5.31. The molecule has 0 radical (unpaired) electrons. The Morgan fingerprint density at radius 1 is 1.48 bits per heavy atom. The maximum atomic E-state index is 12.0. The highest BCUT2D eigenvalue weighted by Crippen LogP contribution is 2.24. The van der Waals surface area contributed by atoms with Crippen LogP contribution in [0, 0.1) is 0 Å². The molecule has 0 aliphatic rings. The van der Waals surface area contributed by atoms with Crippen molar-refractivity contribution in [1.82, 2.24) is 5.32 Å². The Kier molecular flexibility index (Phi) is 6.94. The Balaban J connectivity index is 2.63. The molecule has 2 atom stereocenters. The van der Waals surface area contributed by atoms with E-state index < -0.39 is 24.0 Å². The lowest BCUT2D eigenvalue weighted by Gasteiger charge is -2.19. The zero-order chi connectivity index (χ0) is 15.8. The van der Waals surface area contributed by atoms with Gasteiger partial charge in [-0.2, -0.15) is 0 Å². The van der Waals surface area contributed by atoms with Crippen molar-refractivity contribution >= 4 is 27.8 Å². The number of hydrogen-bond donors (Lipinski definition) is 2. The van der Waals surface area contributed by atoms with Crippen molar-refractivity contribution in [3.63, 3.8) is 0 Å². The van der Waals surface area contributed by atoms with Gasteiger partial charge in [-0.15, -0.1) is 6.58 Å². The predicted molar refractivity (Wildman–Crippen MR) is 83.2 cm³/mol. The zero-order valence-corrected chi connectivity index (χ0v) is 13.3. The number of rotatable bonds is 8. The van der Waals surface area contributed by atoms with Crippen LogP contribution in [0.1, 0.15) is 19.8 Å². The third kappa shape index (κ3) is 5.59. The fourth-order valence-electron chi connectivity index (χ4n) is 1.62. The second kappa shape index (κ2) is 8.46. The van der Waals surface area contributed by atoms with E-state index in [1.54, 1.807) is 31.2 Å². The first kappa shape index (κ1) is 17.2. The summed E-state index contributed by atoms with van der Waals surface area (Å²) in [5.41, 5.74) is 0. The maximum Gasteiger partial charge on any atom is 0.326 e. The minimum atomic E-state index is -1.07. The van der Waals surface area contributed by atoms with E-state index in [-0.39, 0.29) is 0 Å². The van der Waals surface area contributed by atoms with Gasteiger partial charge in [-0.25, -0.2) is 4.79 Å². The summed E-state index contributed by atoms with van der Waals surface area (Å²) >= 11 is 3.32. The lowest BCUT2D eigenvalue weighted by Crippen LogP contribution is -2.46. The smallest absolute Gasteiger partial charge is 0.326 e. The molecule has 0 fully saturated rings. The Hall–Kier alpha value is -1.82. The molecule has 0 saturated carbocycles. The number of amides is 1. The van der Waals surface area contributed by atoms with Gasteiger partial charge in [0.05, 0.1) is 4.47 Å². The average molecular weight is 356 g/mol. The lowest BCUT2D eigenvalue weighted by atomic mass is 10.1. The van der Waals surface area contributed by atoms with Crippen molar-refractivity contribution in [2.45, 2.75) is 31.9 Å².